The molecule has 17 heavy (non-hydrogen) atoms. The maximum atomic E-state index is 12.1. The standard InChI is InChI=1S/C14H20N2O/c1-11-5-6-13(10-12(11)2)16-9-8-15-7-3-4-14(16)17/h5-6,10,15H,3-4,7-9H2,1-2H3. The molecule has 1 N–H and O–H groups in total. The molecule has 1 saturated heterocycles. The Morgan fingerprint density at radius 1 is 1.18 bits per heavy atom. The van der Waals surface area contributed by atoms with E-state index in [4.69, 9.17) is 0 Å². The highest BCUT2D eigenvalue weighted by atomic mass is 16.2. The van der Waals surface area contributed by atoms with Gasteiger partial charge in [-0.15, -0.1) is 0 Å². The summed E-state index contributed by atoms with van der Waals surface area (Å²) in [4.78, 5) is 14.0. The highest BCUT2D eigenvalue weighted by Crippen LogP contribution is 2.20. The normalized spacial score (nSPS) is 17.8. The van der Waals surface area contributed by atoms with E-state index in [9.17, 15) is 4.79 Å². The van der Waals surface area contributed by atoms with Crippen LogP contribution in [0.4, 0.5) is 5.69 Å². The lowest BCUT2D eigenvalue weighted by atomic mass is 10.1. The second-order valence-electron chi connectivity index (χ2n) is 4.67. The van der Waals surface area contributed by atoms with E-state index in [-0.39, 0.29) is 5.91 Å². The Bertz CT molecular complexity index is 415. The van der Waals surface area contributed by atoms with E-state index < -0.39 is 0 Å². The van der Waals surface area contributed by atoms with Crippen molar-refractivity contribution in [3.63, 3.8) is 0 Å². The summed E-state index contributed by atoms with van der Waals surface area (Å²) in [5.41, 5.74) is 3.54. The molecule has 1 aliphatic rings. The molecule has 0 radical (unpaired) electrons. The van der Waals surface area contributed by atoms with Gasteiger partial charge in [0, 0.05) is 25.2 Å². The number of anilines is 1. The summed E-state index contributed by atoms with van der Waals surface area (Å²) in [5.74, 6) is 0.245. The molecule has 0 aromatic heterocycles. The van der Waals surface area contributed by atoms with Crippen LogP contribution in [0.25, 0.3) is 0 Å². The summed E-state index contributed by atoms with van der Waals surface area (Å²) in [6.45, 7) is 6.77. The first-order valence-corrected chi connectivity index (χ1v) is 6.27. The van der Waals surface area contributed by atoms with Crippen LogP contribution in [-0.2, 0) is 4.79 Å². The second-order valence-corrected chi connectivity index (χ2v) is 4.67. The highest BCUT2D eigenvalue weighted by Gasteiger charge is 2.17. The minimum Gasteiger partial charge on any atom is -0.315 e. The van der Waals surface area contributed by atoms with Crippen molar-refractivity contribution >= 4 is 11.6 Å². The fraction of sp³-hybridized carbons (Fsp3) is 0.500. The van der Waals surface area contributed by atoms with E-state index in [1.54, 1.807) is 0 Å². The number of nitrogens with one attached hydrogen (secondary N) is 1. The van der Waals surface area contributed by atoms with Crippen molar-refractivity contribution in [2.45, 2.75) is 26.7 Å². The largest absolute Gasteiger partial charge is 0.315 e. The molecule has 1 fully saturated rings. The average Bonchev–Trinajstić information content (AvgIpc) is 2.28. The van der Waals surface area contributed by atoms with E-state index >= 15 is 0 Å². The molecule has 92 valence electrons. The molecule has 3 heteroatoms. The van der Waals surface area contributed by atoms with E-state index in [2.05, 4.69) is 31.3 Å². The molecule has 1 aromatic carbocycles. The molecule has 1 heterocycles. The van der Waals surface area contributed by atoms with Crippen LogP contribution in [0.3, 0.4) is 0 Å². The van der Waals surface area contributed by atoms with E-state index in [0.717, 1.165) is 31.7 Å². The SMILES string of the molecule is Cc1ccc(N2CCNCCCC2=O)cc1C. The predicted molar refractivity (Wildman–Crippen MR) is 70.4 cm³/mol. The van der Waals surface area contributed by atoms with Gasteiger partial charge in [-0.25, -0.2) is 0 Å². The summed E-state index contributed by atoms with van der Waals surface area (Å²) in [6.07, 6.45) is 1.57. The smallest absolute Gasteiger partial charge is 0.227 e. The summed E-state index contributed by atoms with van der Waals surface area (Å²) in [5, 5.41) is 3.34. The molecule has 1 aromatic rings. The number of amides is 1. The predicted octanol–water partition coefficient (Wildman–Crippen LogP) is 2.02. The van der Waals surface area contributed by atoms with Crippen molar-refractivity contribution in [1.82, 2.24) is 5.32 Å². The van der Waals surface area contributed by atoms with Gasteiger partial charge in [-0.05, 0) is 50.1 Å². The number of hydrogen-bond acceptors (Lipinski definition) is 2. The number of carbonyl (C=O) groups excluding carboxylic acids is 1. The minimum absolute atomic E-state index is 0.245. The first-order chi connectivity index (χ1) is 8.18. The van der Waals surface area contributed by atoms with Gasteiger partial charge in [-0.2, -0.15) is 0 Å². The first-order valence-electron chi connectivity index (χ1n) is 6.27. The maximum absolute atomic E-state index is 12.1. The zero-order valence-corrected chi connectivity index (χ0v) is 10.6. The van der Waals surface area contributed by atoms with Crippen LogP contribution in [0, 0.1) is 13.8 Å². The number of aryl methyl sites for hydroxylation is 2. The van der Waals surface area contributed by atoms with Gasteiger partial charge < -0.3 is 10.2 Å². The summed E-state index contributed by atoms with van der Waals surface area (Å²) < 4.78 is 0. The van der Waals surface area contributed by atoms with Gasteiger partial charge in [0.25, 0.3) is 0 Å². The van der Waals surface area contributed by atoms with Crippen molar-refractivity contribution in [2.24, 2.45) is 0 Å². The first kappa shape index (κ1) is 12.1. The number of rotatable bonds is 1. The lowest BCUT2D eigenvalue weighted by Crippen LogP contribution is -2.39. The molecule has 0 unspecified atom stereocenters. The Morgan fingerprint density at radius 2 is 2.00 bits per heavy atom. The summed E-state index contributed by atoms with van der Waals surface area (Å²) in [6, 6.07) is 6.24. The van der Waals surface area contributed by atoms with Crippen LogP contribution >= 0.6 is 0 Å². The van der Waals surface area contributed by atoms with Crippen LogP contribution < -0.4 is 10.2 Å². The quantitative estimate of drug-likeness (QED) is 0.803. The van der Waals surface area contributed by atoms with Gasteiger partial charge >= 0.3 is 0 Å². The van der Waals surface area contributed by atoms with E-state index in [1.807, 2.05) is 11.0 Å². The average molecular weight is 232 g/mol. The van der Waals surface area contributed by atoms with Crippen LogP contribution in [0.2, 0.25) is 0 Å². The summed E-state index contributed by atoms with van der Waals surface area (Å²) in [7, 11) is 0. The fourth-order valence-electron chi connectivity index (χ4n) is 2.11. The van der Waals surface area contributed by atoms with Crippen molar-refractivity contribution < 1.29 is 4.79 Å². The maximum Gasteiger partial charge on any atom is 0.227 e. The van der Waals surface area contributed by atoms with E-state index in [0.29, 0.717) is 6.42 Å². The summed E-state index contributed by atoms with van der Waals surface area (Å²) >= 11 is 0. The van der Waals surface area contributed by atoms with Crippen molar-refractivity contribution in [1.29, 1.82) is 0 Å². The Labute approximate surface area is 103 Å². The molecular weight excluding hydrogens is 212 g/mol. The van der Waals surface area contributed by atoms with Crippen molar-refractivity contribution in [2.75, 3.05) is 24.5 Å². The van der Waals surface area contributed by atoms with Gasteiger partial charge in [0.05, 0.1) is 0 Å². The fourth-order valence-corrected chi connectivity index (χ4v) is 2.11. The third kappa shape index (κ3) is 2.86. The van der Waals surface area contributed by atoms with Crippen molar-refractivity contribution in [3.05, 3.63) is 29.3 Å². The van der Waals surface area contributed by atoms with Gasteiger partial charge in [0.2, 0.25) is 5.91 Å². The molecule has 0 bridgehead atoms. The highest BCUT2D eigenvalue weighted by molar-refractivity contribution is 5.93. The zero-order chi connectivity index (χ0) is 12.3. The van der Waals surface area contributed by atoms with Crippen molar-refractivity contribution in [3.8, 4) is 0 Å². The Hall–Kier alpha value is -1.35. The third-order valence-electron chi connectivity index (χ3n) is 3.36. The van der Waals surface area contributed by atoms with Gasteiger partial charge in [-0.1, -0.05) is 6.07 Å². The number of hydrogen-bond donors (Lipinski definition) is 1. The van der Waals surface area contributed by atoms with Gasteiger partial charge in [0.15, 0.2) is 0 Å². The molecule has 0 saturated carbocycles. The molecule has 1 amide bonds. The molecule has 0 spiro atoms. The van der Waals surface area contributed by atoms with E-state index in [1.165, 1.54) is 11.1 Å². The third-order valence-corrected chi connectivity index (χ3v) is 3.36. The number of benzene rings is 1. The zero-order valence-electron chi connectivity index (χ0n) is 10.6. The monoisotopic (exact) mass is 232 g/mol. The van der Waals surface area contributed by atoms with Crippen LogP contribution in [0.15, 0.2) is 18.2 Å². The molecule has 2 rings (SSSR count). The molecule has 3 nitrogen and oxygen atoms in total. The van der Waals surface area contributed by atoms with Crippen LogP contribution in [0.1, 0.15) is 24.0 Å². The van der Waals surface area contributed by atoms with Gasteiger partial charge in [-0.3, -0.25) is 4.79 Å². The second kappa shape index (κ2) is 5.32. The van der Waals surface area contributed by atoms with Crippen LogP contribution in [-0.4, -0.2) is 25.5 Å². The molecule has 0 atom stereocenters. The Balaban J connectivity index is 2.22. The minimum atomic E-state index is 0.245. The lowest BCUT2D eigenvalue weighted by molar-refractivity contribution is -0.118. The Kier molecular flexibility index (Phi) is 3.79. The number of nitrogens with zero attached hydrogens (tertiary/aromatic N) is 1. The molecular formula is C14H20N2O. The number of carbonyl (C=O) groups is 1. The van der Waals surface area contributed by atoms with Gasteiger partial charge in [0.1, 0.15) is 0 Å². The Morgan fingerprint density at radius 3 is 2.76 bits per heavy atom. The molecule has 0 aliphatic carbocycles. The lowest BCUT2D eigenvalue weighted by Gasteiger charge is -2.26. The molecule has 1 aliphatic heterocycles. The van der Waals surface area contributed by atoms with Crippen LogP contribution in [0.5, 0.6) is 0 Å². The topological polar surface area (TPSA) is 32.3 Å².